The number of nitrogens with one attached hydrogen (secondary N) is 1. The number of aliphatic hydroxyl groups excluding tert-OH is 1. The number of ether oxygens (including phenoxy) is 1. The molecule has 0 radical (unpaired) electrons. The second kappa shape index (κ2) is 8.40. The molecule has 0 aromatic heterocycles. The number of piperazine rings is 1. The van der Waals surface area contributed by atoms with Gasteiger partial charge < -0.3 is 15.2 Å². The zero-order valence-corrected chi connectivity index (χ0v) is 13.4. The lowest BCUT2D eigenvalue weighted by atomic mass is 10.1. The molecule has 7 nitrogen and oxygen atoms in total. The van der Waals surface area contributed by atoms with Crippen LogP contribution in [0.3, 0.4) is 0 Å². The van der Waals surface area contributed by atoms with Crippen molar-refractivity contribution in [2.24, 2.45) is 0 Å². The quantitative estimate of drug-likeness (QED) is 0.606. The number of hydrogen-bond donors (Lipinski definition) is 2. The van der Waals surface area contributed by atoms with Crippen LogP contribution in [-0.4, -0.2) is 93.6 Å². The van der Waals surface area contributed by atoms with Gasteiger partial charge in [0.05, 0.1) is 25.1 Å². The van der Waals surface area contributed by atoms with E-state index < -0.39 is 10.0 Å². The molecular weight excluding hydrogens is 294 g/mol. The van der Waals surface area contributed by atoms with Gasteiger partial charge in [0.2, 0.25) is 10.0 Å². The summed E-state index contributed by atoms with van der Waals surface area (Å²) in [7, 11) is -3.16. The molecule has 0 amide bonds. The van der Waals surface area contributed by atoms with E-state index in [4.69, 9.17) is 9.84 Å². The number of rotatable bonds is 7. The van der Waals surface area contributed by atoms with Crippen molar-refractivity contribution in [3.05, 3.63) is 0 Å². The maximum absolute atomic E-state index is 12.4. The Kier molecular flexibility index (Phi) is 6.84. The van der Waals surface area contributed by atoms with Gasteiger partial charge in [0, 0.05) is 45.8 Å². The van der Waals surface area contributed by atoms with E-state index in [2.05, 4.69) is 10.2 Å². The molecule has 0 aromatic carbocycles. The van der Waals surface area contributed by atoms with Crippen LogP contribution in [0.25, 0.3) is 0 Å². The summed E-state index contributed by atoms with van der Waals surface area (Å²) >= 11 is 0. The van der Waals surface area contributed by atoms with E-state index in [9.17, 15) is 8.42 Å². The highest BCUT2D eigenvalue weighted by Crippen LogP contribution is 2.17. The molecule has 8 heteroatoms. The number of sulfonamides is 1. The minimum atomic E-state index is -3.16. The van der Waals surface area contributed by atoms with E-state index in [1.54, 1.807) is 4.31 Å². The van der Waals surface area contributed by atoms with E-state index in [1.165, 1.54) is 0 Å². The fourth-order valence-corrected chi connectivity index (χ4v) is 4.32. The molecule has 2 saturated heterocycles. The third-order valence-corrected chi connectivity index (χ3v) is 5.96. The van der Waals surface area contributed by atoms with Gasteiger partial charge >= 0.3 is 0 Å². The number of hydrogen-bond acceptors (Lipinski definition) is 6. The fraction of sp³-hybridized carbons (Fsp3) is 1.00. The Labute approximate surface area is 127 Å². The van der Waals surface area contributed by atoms with Gasteiger partial charge in [-0.1, -0.05) is 0 Å². The Morgan fingerprint density at radius 3 is 2.43 bits per heavy atom. The standard InChI is InChI=1S/C13H27N3O4S/c17-10-11-20-13-1-5-16(6-2-13)21(18,19)12-9-15-7-3-14-4-8-15/h13-14,17H,1-12H2. The van der Waals surface area contributed by atoms with Gasteiger partial charge in [-0.05, 0) is 12.8 Å². The Balaban J connectivity index is 1.72. The predicted molar refractivity (Wildman–Crippen MR) is 80.7 cm³/mol. The first-order valence-corrected chi connectivity index (χ1v) is 9.36. The van der Waals surface area contributed by atoms with Crippen molar-refractivity contribution in [2.75, 3.05) is 64.8 Å². The molecule has 0 spiro atoms. The van der Waals surface area contributed by atoms with Crippen molar-refractivity contribution in [1.82, 2.24) is 14.5 Å². The molecule has 0 saturated carbocycles. The maximum atomic E-state index is 12.4. The van der Waals surface area contributed by atoms with Crippen LogP contribution in [0.15, 0.2) is 0 Å². The van der Waals surface area contributed by atoms with Crippen LogP contribution < -0.4 is 5.32 Å². The average molecular weight is 321 g/mol. The van der Waals surface area contributed by atoms with Crippen molar-refractivity contribution in [3.8, 4) is 0 Å². The predicted octanol–water partition coefficient (Wildman–Crippen LogP) is -1.31. The van der Waals surface area contributed by atoms with Gasteiger partial charge in [-0.3, -0.25) is 4.90 Å². The monoisotopic (exact) mass is 321 g/mol. The highest BCUT2D eigenvalue weighted by atomic mass is 32.2. The minimum Gasteiger partial charge on any atom is -0.394 e. The summed E-state index contributed by atoms with van der Waals surface area (Å²) in [6, 6.07) is 0. The van der Waals surface area contributed by atoms with Crippen LogP contribution in [0.5, 0.6) is 0 Å². The van der Waals surface area contributed by atoms with Crippen molar-refractivity contribution < 1.29 is 18.3 Å². The molecular formula is C13H27N3O4S. The van der Waals surface area contributed by atoms with E-state index in [0.717, 1.165) is 26.2 Å². The van der Waals surface area contributed by atoms with E-state index in [-0.39, 0.29) is 18.5 Å². The van der Waals surface area contributed by atoms with Crippen molar-refractivity contribution in [3.63, 3.8) is 0 Å². The van der Waals surface area contributed by atoms with E-state index >= 15 is 0 Å². The Morgan fingerprint density at radius 2 is 1.81 bits per heavy atom. The number of piperidine rings is 1. The summed E-state index contributed by atoms with van der Waals surface area (Å²) in [6.07, 6.45) is 1.51. The molecule has 124 valence electrons. The molecule has 21 heavy (non-hydrogen) atoms. The van der Waals surface area contributed by atoms with E-state index in [0.29, 0.717) is 39.1 Å². The fourth-order valence-electron chi connectivity index (χ4n) is 2.80. The van der Waals surface area contributed by atoms with Crippen molar-refractivity contribution in [1.29, 1.82) is 0 Å². The van der Waals surface area contributed by atoms with Gasteiger partial charge in [0.15, 0.2) is 0 Å². The molecule has 0 aliphatic carbocycles. The zero-order valence-electron chi connectivity index (χ0n) is 12.5. The highest BCUT2D eigenvalue weighted by Gasteiger charge is 2.28. The van der Waals surface area contributed by atoms with Crippen LogP contribution in [0.4, 0.5) is 0 Å². The first-order chi connectivity index (χ1) is 10.1. The summed E-state index contributed by atoms with van der Waals surface area (Å²) in [4.78, 5) is 2.20. The van der Waals surface area contributed by atoms with Gasteiger partial charge in [0.25, 0.3) is 0 Å². The molecule has 0 unspecified atom stereocenters. The van der Waals surface area contributed by atoms with Crippen LogP contribution in [0.1, 0.15) is 12.8 Å². The molecule has 2 aliphatic rings. The Bertz CT molecular complexity index is 390. The number of nitrogens with zero attached hydrogens (tertiary/aromatic N) is 2. The van der Waals surface area contributed by atoms with Gasteiger partial charge in [-0.25, -0.2) is 12.7 Å². The van der Waals surface area contributed by atoms with Crippen LogP contribution >= 0.6 is 0 Å². The second-order valence-corrected chi connectivity index (χ2v) is 7.69. The largest absolute Gasteiger partial charge is 0.394 e. The summed E-state index contributed by atoms with van der Waals surface area (Å²) in [6.45, 7) is 5.75. The second-order valence-electron chi connectivity index (χ2n) is 5.60. The van der Waals surface area contributed by atoms with E-state index in [1.807, 2.05) is 0 Å². The average Bonchev–Trinajstić information content (AvgIpc) is 2.52. The van der Waals surface area contributed by atoms with Crippen molar-refractivity contribution >= 4 is 10.0 Å². The minimum absolute atomic E-state index is 0.0171. The number of aliphatic hydroxyl groups is 1. The first-order valence-electron chi connectivity index (χ1n) is 7.75. The topological polar surface area (TPSA) is 82.1 Å². The van der Waals surface area contributed by atoms with Crippen LogP contribution in [0.2, 0.25) is 0 Å². The van der Waals surface area contributed by atoms with Crippen LogP contribution in [0, 0.1) is 0 Å². The van der Waals surface area contributed by atoms with Gasteiger partial charge in [-0.2, -0.15) is 0 Å². The van der Waals surface area contributed by atoms with Gasteiger partial charge in [-0.15, -0.1) is 0 Å². The smallest absolute Gasteiger partial charge is 0.215 e. The van der Waals surface area contributed by atoms with Crippen molar-refractivity contribution in [2.45, 2.75) is 18.9 Å². The third kappa shape index (κ3) is 5.46. The maximum Gasteiger partial charge on any atom is 0.215 e. The normalized spacial score (nSPS) is 23.5. The lowest BCUT2D eigenvalue weighted by Crippen LogP contribution is -2.47. The lowest BCUT2D eigenvalue weighted by Gasteiger charge is -2.32. The van der Waals surface area contributed by atoms with Crippen LogP contribution in [-0.2, 0) is 14.8 Å². The molecule has 2 heterocycles. The summed E-state index contributed by atoms with van der Waals surface area (Å²) in [5.41, 5.74) is 0. The molecule has 0 atom stereocenters. The zero-order chi connectivity index (χ0) is 15.1. The molecule has 2 N–H and O–H groups in total. The summed E-state index contributed by atoms with van der Waals surface area (Å²) < 4.78 is 31.8. The third-order valence-electron chi connectivity index (χ3n) is 4.11. The van der Waals surface area contributed by atoms with Gasteiger partial charge in [0.1, 0.15) is 0 Å². The molecule has 2 fully saturated rings. The molecule has 0 bridgehead atoms. The molecule has 2 rings (SSSR count). The highest BCUT2D eigenvalue weighted by molar-refractivity contribution is 7.89. The first kappa shape index (κ1) is 17.1. The summed E-state index contributed by atoms with van der Waals surface area (Å²) in [5, 5.41) is 12.0. The molecule has 0 aromatic rings. The molecule has 2 aliphatic heterocycles. The lowest BCUT2D eigenvalue weighted by molar-refractivity contribution is 0.00317. The SMILES string of the molecule is O=S(=O)(CCN1CCNCC1)N1CCC(OCCO)CC1. The Morgan fingerprint density at radius 1 is 1.14 bits per heavy atom. The summed E-state index contributed by atoms with van der Waals surface area (Å²) in [5.74, 6) is 0.204. The Hall–Kier alpha value is -0.250.